The molecule has 2 saturated heterocycles. The summed E-state index contributed by atoms with van der Waals surface area (Å²) < 4.78 is 5.63. The van der Waals surface area contributed by atoms with E-state index in [1.807, 2.05) is 0 Å². The minimum atomic E-state index is -0.656. The third-order valence-corrected chi connectivity index (χ3v) is 3.23. The molecule has 0 spiro atoms. The van der Waals surface area contributed by atoms with Gasteiger partial charge in [-0.1, -0.05) is 18.2 Å². The lowest BCUT2D eigenvalue weighted by Crippen LogP contribution is -2.35. The molecule has 0 aromatic carbocycles. The largest absolute Gasteiger partial charge is 0.370 e. The first-order valence-corrected chi connectivity index (χ1v) is 6.51. The summed E-state index contributed by atoms with van der Waals surface area (Å²) in [5.41, 5.74) is 0.979. The Labute approximate surface area is 117 Å². The van der Waals surface area contributed by atoms with E-state index in [0.717, 1.165) is 5.57 Å². The van der Waals surface area contributed by atoms with E-state index in [4.69, 9.17) is 9.57 Å². The van der Waals surface area contributed by atoms with Crippen molar-refractivity contribution < 1.29 is 24.0 Å². The van der Waals surface area contributed by atoms with E-state index in [0.29, 0.717) is 17.9 Å². The van der Waals surface area contributed by atoms with Gasteiger partial charge < -0.3 is 9.57 Å². The van der Waals surface area contributed by atoms with Crippen molar-refractivity contribution >= 4 is 17.8 Å². The van der Waals surface area contributed by atoms with Gasteiger partial charge in [0.25, 0.3) is 11.8 Å². The van der Waals surface area contributed by atoms with E-state index >= 15 is 0 Å². The average molecular weight is 279 g/mol. The molecule has 0 radical (unpaired) electrons. The van der Waals surface area contributed by atoms with Crippen LogP contribution in [-0.2, 0) is 24.0 Å². The van der Waals surface area contributed by atoms with Gasteiger partial charge in [-0.3, -0.25) is 9.59 Å². The summed E-state index contributed by atoms with van der Waals surface area (Å²) in [5, 5.41) is 0.547. The van der Waals surface area contributed by atoms with Crippen LogP contribution < -0.4 is 0 Å². The summed E-state index contributed by atoms with van der Waals surface area (Å²) in [6, 6.07) is 0. The van der Waals surface area contributed by atoms with Gasteiger partial charge in [-0.15, -0.1) is 11.6 Å². The number of carbonyl (C=O) groups is 3. The second-order valence-corrected chi connectivity index (χ2v) is 4.94. The lowest BCUT2D eigenvalue weighted by Gasteiger charge is -2.29. The van der Waals surface area contributed by atoms with Crippen LogP contribution in [0.3, 0.4) is 0 Å². The molecule has 2 aliphatic rings. The molecular weight excluding hydrogens is 262 g/mol. The molecule has 2 amide bonds. The van der Waals surface area contributed by atoms with Crippen LogP contribution in [0.2, 0.25) is 0 Å². The third-order valence-electron chi connectivity index (χ3n) is 3.23. The Balaban J connectivity index is 1.88. The van der Waals surface area contributed by atoms with Gasteiger partial charge in [0, 0.05) is 12.8 Å². The molecule has 2 rings (SSSR count). The van der Waals surface area contributed by atoms with Gasteiger partial charge in [0.1, 0.15) is 0 Å². The van der Waals surface area contributed by atoms with Crippen LogP contribution in [0, 0.1) is 0 Å². The standard InChI is InChI=1S/C14H17NO5/c1-3-10-6-9(2)7-11(19-10)8-14(18)20-15-12(16)4-5-13(15)17/h3,10-11H,1-2,4-8H2/t10?,11-/m0/s1. The molecule has 20 heavy (non-hydrogen) atoms. The predicted molar refractivity (Wildman–Crippen MR) is 69.0 cm³/mol. The molecule has 0 aromatic heterocycles. The number of rotatable bonds is 4. The highest BCUT2D eigenvalue weighted by Crippen LogP contribution is 2.26. The van der Waals surface area contributed by atoms with Crippen molar-refractivity contribution in [2.45, 2.75) is 44.3 Å². The summed E-state index contributed by atoms with van der Waals surface area (Å²) in [4.78, 5) is 39.2. The maximum Gasteiger partial charge on any atom is 0.335 e. The van der Waals surface area contributed by atoms with Crippen LogP contribution in [0.1, 0.15) is 32.1 Å². The normalized spacial score (nSPS) is 26.8. The van der Waals surface area contributed by atoms with E-state index in [1.165, 1.54) is 0 Å². The molecule has 6 heteroatoms. The second-order valence-electron chi connectivity index (χ2n) is 4.94. The van der Waals surface area contributed by atoms with Gasteiger partial charge in [0.05, 0.1) is 18.6 Å². The fraction of sp³-hybridized carbons (Fsp3) is 0.500. The number of hydroxylamine groups is 2. The Bertz CT molecular complexity index is 454. The van der Waals surface area contributed by atoms with Gasteiger partial charge in [0.2, 0.25) is 0 Å². The van der Waals surface area contributed by atoms with Gasteiger partial charge in [-0.2, -0.15) is 0 Å². The molecule has 0 aromatic rings. The zero-order chi connectivity index (χ0) is 14.7. The smallest absolute Gasteiger partial charge is 0.335 e. The summed E-state index contributed by atoms with van der Waals surface area (Å²) in [6.45, 7) is 7.55. The summed E-state index contributed by atoms with van der Waals surface area (Å²) in [6.07, 6.45) is 2.53. The molecule has 1 unspecified atom stereocenters. The Morgan fingerprint density at radius 2 is 2.00 bits per heavy atom. The lowest BCUT2D eigenvalue weighted by molar-refractivity contribution is -0.199. The summed E-state index contributed by atoms with van der Waals surface area (Å²) >= 11 is 0. The van der Waals surface area contributed by atoms with Crippen molar-refractivity contribution in [3.8, 4) is 0 Å². The van der Waals surface area contributed by atoms with E-state index < -0.39 is 17.8 Å². The van der Waals surface area contributed by atoms with E-state index in [2.05, 4.69) is 13.2 Å². The number of imide groups is 1. The van der Waals surface area contributed by atoms with E-state index in [1.54, 1.807) is 6.08 Å². The minimum Gasteiger partial charge on any atom is -0.370 e. The van der Waals surface area contributed by atoms with E-state index in [-0.39, 0.29) is 31.5 Å². The lowest BCUT2D eigenvalue weighted by atomic mass is 9.97. The zero-order valence-corrected chi connectivity index (χ0v) is 11.2. The molecule has 0 saturated carbocycles. The Morgan fingerprint density at radius 1 is 1.35 bits per heavy atom. The highest BCUT2D eigenvalue weighted by atomic mass is 16.7. The first-order valence-electron chi connectivity index (χ1n) is 6.51. The minimum absolute atomic E-state index is 0.0274. The second kappa shape index (κ2) is 6.00. The molecule has 2 fully saturated rings. The zero-order valence-electron chi connectivity index (χ0n) is 11.2. The van der Waals surface area contributed by atoms with Crippen molar-refractivity contribution in [1.29, 1.82) is 0 Å². The molecular formula is C14H17NO5. The van der Waals surface area contributed by atoms with Crippen LogP contribution >= 0.6 is 0 Å². The van der Waals surface area contributed by atoms with Crippen LogP contribution in [0.25, 0.3) is 0 Å². The highest BCUT2D eigenvalue weighted by Gasteiger charge is 2.34. The molecule has 0 aliphatic carbocycles. The number of hydrogen-bond donors (Lipinski definition) is 0. The molecule has 0 N–H and O–H groups in total. The Hall–Kier alpha value is -1.95. The first-order chi connectivity index (χ1) is 9.49. The van der Waals surface area contributed by atoms with Gasteiger partial charge in [-0.05, 0) is 12.8 Å². The molecule has 0 bridgehead atoms. The van der Waals surface area contributed by atoms with Crippen molar-refractivity contribution in [2.75, 3.05) is 0 Å². The van der Waals surface area contributed by atoms with Crippen LogP contribution in [-0.4, -0.2) is 35.1 Å². The first kappa shape index (κ1) is 14.5. The van der Waals surface area contributed by atoms with Crippen molar-refractivity contribution in [3.63, 3.8) is 0 Å². The monoisotopic (exact) mass is 279 g/mol. The predicted octanol–water partition coefficient (Wildman–Crippen LogP) is 1.27. The molecule has 2 heterocycles. The number of amides is 2. The van der Waals surface area contributed by atoms with Crippen molar-refractivity contribution in [1.82, 2.24) is 5.06 Å². The fourth-order valence-corrected chi connectivity index (χ4v) is 2.28. The topological polar surface area (TPSA) is 72.9 Å². The molecule has 6 nitrogen and oxygen atoms in total. The van der Waals surface area contributed by atoms with Crippen LogP contribution in [0.15, 0.2) is 24.8 Å². The molecule has 2 atom stereocenters. The highest BCUT2D eigenvalue weighted by molar-refractivity contribution is 6.01. The quantitative estimate of drug-likeness (QED) is 0.572. The maximum absolute atomic E-state index is 11.8. The number of carbonyl (C=O) groups excluding carboxylic acids is 3. The summed E-state index contributed by atoms with van der Waals surface area (Å²) in [7, 11) is 0. The molecule has 2 aliphatic heterocycles. The fourth-order valence-electron chi connectivity index (χ4n) is 2.28. The van der Waals surface area contributed by atoms with Crippen LogP contribution in [0.5, 0.6) is 0 Å². The van der Waals surface area contributed by atoms with E-state index in [9.17, 15) is 14.4 Å². The van der Waals surface area contributed by atoms with Crippen molar-refractivity contribution in [2.24, 2.45) is 0 Å². The van der Waals surface area contributed by atoms with Gasteiger partial charge in [0.15, 0.2) is 0 Å². The number of ether oxygens (including phenoxy) is 1. The average Bonchev–Trinajstić information content (AvgIpc) is 2.69. The maximum atomic E-state index is 11.8. The SMILES string of the molecule is C=CC1CC(=C)C[C@@H](CC(=O)ON2C(=O)CCC2=O)O1. The summed E-state index contributed by atoms with van der Waals surface area (Å²) in [5.74, 6) is -1.63. The van der Waals surface area contributed by atoms with Crippen molar-refractivity contribution in [3.05, 3.63) is 24.8 Å². The third kappa shape index (κ3) is 3.33. The van der Waals surface area contributed by atoms with Crippen LogP contribution in [0.4, 0.5) is 0 Å². The number of hydrogen-bond acceptors (Lipinski definition) is 5. The molecule has 108 valence electrons. The van der Waals surface area contributed by atoms with Gasteiger partial charge >= 0.3 is 5.97 Å². The Morgan fingerprint density at radius 3 is 2.60 bits per heavy atom. The number of nitrogens with zero attached hydrogens (tertiary/aromatic N) is 1. The van der Waals surface area contributed by atoms with Gasteiger partial charge in [-0.25, -0.2) is 4.79 Å². The Kier molecular flexibility index (Phi) is 4.34.